The second kappa shape index (κ2) is 7.65. The number of carbonyl (C=O) groups is 1. The standard InChI is InChI=1S/C17H9F7N4O2/c18-9-2-1-3-11(8-9)28-14(16(19,20)21)13(26-27-28)15(29)25-10-4-6-12(7-5-10)30-17(22,23)24/h1-8H,(H,25,29). The van der Waals surface area contributed by atoms with E-state index in [-0.39, 0.29) is 16.1 Å². The molecule has 3 aromatic rings. The fraction of sp³-hybridized carbons (Fsp3) is 0.118. The lowest BCUT2D eigenvalue weighted by molar-refractivity contribution is -0.274. The van der Waals surface area contributed by atoms with Gasteiger partial charge in [-0.15, -0.1) is 18.3 Å². The summed E-state index contributed by atoms with van der Waals surface area (Å²) in [5, 5.41) is 8.59. The summed E-state index contributed by atoms with van der Waals surface area (Å²) >= 11 is 0. The van der Waals surface area contributed by atoms with Gasteiger partial charge in [-0.05, 0) is 42.5 Å². The zero-order valence-electron chi connectivity index (χ0n) is 14.4. The van der Waals surface area contributed by atoms with Crippen molar-refractivity contribution in [3.8, 4) is 11.4 Å². The number of carbonyl (C=O) groups excluding carboxylic acids is 1. The Morgan fingerprint density at radius 2 is 1.67 bits per heavy atom. The molecule has 1 heterocycles. The normalized spacial score (nSPS) is 12.0. The van der Waals surface area contributed by atoms with Crippen molar-refractivity contribution in [1.29, 1.82) is 0 Å². The summed E-state index contributed by atoms with van der Waals surface area (Å²) in [5.41, 5.74) is -3.10. The highest BCUT2D eigenvalue weighted by atomic mass is 19.4. The molecule has 0 saturated heterocycles. The molecule has 6 nitrogen and oxygen atoms in total. The van der Waals surface area contributed by atoms with E-state index in [2.05, 4.69) is 20.4 Å². The van der Waals surface area contributed by atoms with Crippen LogP contribution >= 0.6 is 0 Å². The first kappa shape index (κ1) is 21.1. The number of alkyl halides is 6. The average molecular weight is 434 g/mol. The summed E-state index contributed by atoms with van der Waals surface area (Å²) in [5.74, 6) is -2.74. The molecule has 13 heteroatoms. The fourth-order valence-corrected chi connectivity index (χ4v) is 2.41. The van der Waals surface area contributed by atoms with Gasteiger partial charge in [-0.2, -0.15) is 13.2 Å². The van der Waals surface area contributed by atoms with Gasteiger partial charge in [-0.3, -0.25) is 4.79 Å². The van der Waals surface area contributed by atoms with Crippen LogP contribution in [0.5, 0.6) is 5.75 Å². The number of nitrogens with zero attached hydrogens (tertiary/aromatic N) is 3. The summed E-state index contributed by atoms with van der Waals surface area (Å²) < 4.78 is 94.4. The monoisotopic (exact) mass is 434 g/mol. The quantitative estimate of drug-likeness (QED) is 0.611. The molecule has 30 heavy (non-hydrogen) atoms. The van der Waals surface area contributed by atoms with Crippen LogP contribution in [0.3, 0.4) is 0 Å². The van der Waals surface area contributed by atoms with Crippen molar-refractivity contribution in [2.75, 3.05) is 5.32 Å². The predicted molar refractivity (Wildman–Crippen MR) is 87.4 cm³/mol. The van der Waals surface area contributed by atoms with Crippen molar-refractivity contribution >= 4 is 11.6 Å². The third-order valence-electron chi connectivity index (χ3n) is 3.55. The number of benzene rings is 2. The summed E-state index contributed by atoms with van der Waals surface area (Å²) in [4.78, 5) is 12.3. The maximum atomic E-state index is 13.5. The van der Waals surface area contributed by atoms with Gasteiger partial charge in [-0.25, -0.2) is 9.07 Å². The molecule has 3 rings (SSSR count). The molecule has 0 unspecified atom stereocenters. The lowest BCUT2D eigenvalue weighted by Crippen LogP contribution is -2.21. The van der Waals surface area contributed by atoms with Crippen molar-refractivity contribution in [1.82, 2.24) is 15.0 Å². The molecule has 0 bridgehead atoms. The summed E-state index contributed by atoms with van der Waals surface area (Å²) in [6, 6.07) is 7.75. The lowest BCUT2D eigenvalue weighted by atomic mass is 10.2. The van der Waals surface area contributed by atoms with Crippen LogP contribution in [0.1, 0.15) is 16.2 Å². The number of hydrogen-bond acceptors (Lipinski definition) is 4. The van der Waals surface area contributed by atoms with Crippen LogP contribution in [0.4, 0.5) is 36.4 Å². The first-order valence-corrected chi connectivity index (χ1v) is 7.90. The molecular formula is C17H9F7N4O2. The largest absolute Gasteiger partial charge is 0.573 e. The molecule has 1 aromatic heterocycles. The average Bonchev–Trinajstić information content (AvgIpc) is 3.08. The molecule has 0 fully saturated rings. The Kier molecular flexibility index (Phi) is 5.37. The molecular weight excluding hydrogens is 425 g/mol. The van der Waals surface area contributed by atoms with E-state index < -0.39 is 41.4 Å². The van der Waals surface area contributed by atoms with E-state index in [0.29, 0.717) is 0 Å². The Morgan fingerprint density at radius 1 is 1.00 bits per heavy atom. The van der Waals surface area contributed by atoms with Gasteiger partial charge >= 0.3 is 12.5 Å². The van der Waals surface area contributed by atoms with Crippen molar-refractivity contribution in [2.45, 2.75) is 12.5 Å². The molecule has 1 N–H and O–H groups in total. The van der Waals surface area contributed by atoms with E-state index in [4.69, 9.17) is 0 Å². The lowest BCUT2D eigenvalue weighted by Gasteiger charge is -2.12. The number of halogens is 7. The van der Waals surface area contributed by atoms with Crippen molar-refractivity contribution in [2.24, 2.45) is 0 Å². The molecule has 0 atom stereocenters. The number of nitrogens with one attached hydrogen (secondary N) is 1. The third-order valence-corrected chi connectivity index (χ3v) is 3.55. The molecule has 0 aliphatic heterocycles. The van der Waals surface area contributed by atoms with Crippen molar-refractivity contribution in [3.05, 3.63) is 65.7 Å². The van der Waals surface area contributed by atoms with Crippen LogP contribution in [-0.2, 0) is 6.18 Å². The molecule has 0 spiro atoms. The molecule has 0 radical (unpaired) electrons. The highest BCUT2D eigenvalue weighted by Crippen LogP contribution is 2.33. The summed E-state index contributed by atoms with van der Waals surface area (Å²) in [6.45, 7) is 0. The van der Waals surface area contributed by atoms with E-state index in [1.807, 2.05) is 0 Å². The number of amides is 1. The molecule has 0 aliphatic rings. The SMILES string of the molecule is O=C(Nc1ccc(OC(F)(F)F)cc1)c1nnn(-c2cccc(F)c2)c1C(F)(F)F. The topological polar surface area (TPSA) is 69.0 Å². The second-order valence-corrected chi connectivity index (χ2v) is 5.70. The number of ether oxygens (including phenoxy) is 1. The van der Waals surface area contributed by atoms with E-state index >= 15 is 0 Å². The van der Waals surface area contributed by atoms with Crippen LogP contribution in [-0.4, -0.2) is 27.3 Å². The smallest absolute Gasteiger partial charge is 0.406 e. The Bertz CT molecular complexity index is 1060. The highest BCUT2D eigenvalue weighted by molar-refractivity contribution is 6.03. The highest BCUT2D eigenvalue weighted by Gasteiger charge is 2.42. The van der Waals surface area contributed by atoms with Crippen LogP contribution in [0.15, 0.2) is 48.5 Å². The van der Waals surface area contributed by atoms with E-state index in [9.17, 15) is 35.5 Å². The minimum Gasteiger partial charge on any atom is -0.406 e. The molecule has 2 aromatic carbocycles. The van der Waals surface area contributed by atoms with Gasteiger partial charge in [-0.1, -0.05) is 11.3 Å². The number of hydrogen-bond donors (Lipinski definition) is 1. The number of aromatic nitrogens is 3. The van der Waals surface area contributed by atoms with Crippen LogP contribution in [0.25, 0.3) is 5.69 Å². The second-order valence-electron chi connectivity index (χ2n) is 5.70. The predicted octanol–water partition coefficient (Wildman–Crippen LogP) is 4.58. The zero-order valence-corrected chi connectivity index (χ0v) is 14.4. The van der Waals surface area contributed by atoms with E-state index in [1.165, 1.54) is 0 Å². The Hall–Kier alpha value is -3.64. The van der Waals surface area contributed by atoms with Crippen LogP contribution < -0.4 is 10.1 Å². The summed E-state index contributed by atoms with van der Waals surface area (Å²) in [6.07, 6.45) is -10.0. The maximum absolute atomic E-state index is 13.5. The summed E-state index contributed by atoms with van der Waals surface area (Å²) in [7, 11) is 0. The minimum atomic E-state index is -5.08. The van der Waals surface area contributed by atoms with E-state index in [1.54, 1.807) is 0 Å². The molecule has 158 valence electrons. The van der Waals surface area contributed by atoms with Crippen molar-refractivity contribution in [3.63, 3.8) is 0 Å². The number of rotatable bonds is 4. The van der Waals surface area contributed by atoms with E-state index in [0.717, 1.165) is 48.5 Å². The van der Waals surface area contributed by atoms with Gasteiger partial charge < -0.3 is 10.1 Å². The van der Waals surface area contributed by atoms with Crippen molar-refractivity contribution < 1.29 is 40.3 Å². The molecule has 1 amide bonds. The van der Waals surface area contributed by atoms with Gasteiger partial charge in [0.1, 0.15) is 11.6 Å². The van der Waals surface area contributed by atoms with Crippen LogP contribution in [0.2, 0.25) is 0 Å². The maximum Gasteiger partial charge on any atom is 0.573 e. The zero-order chi connectivity index (χ0) is 22.1. The first-order valence-electron chi connectivity index (χ1n) is 7.90. The minimum absolute atomic E-state index is 0.122. The van der Waals surface area contributed by atoms with Gasteiger partial charge in [0.2, 0.25) is 0 Å². The molecule has 0 aliphatic carbocycles. The van der Waals surface area contributed by atoms with Crippen LogP contribution in [0, 0.1) is 5.82 Å². The van der Waals surface area contributed by atoms with Gasteiger partial charge in [0.15, 0.2) is 11.4 Å². The Balaban J connectivity index is 1.89. The Labute approximate surface area is 162 Å². The van der Waals surface area contributed by atoms with Gasteiger partial charge in [0.05, 0.1) is 5.69 Å². The number of anilines is 1. The van der Waals surface area contributed by atoms with Gasteiger partial charge in [0, 0.05) is 5.69 Å². The van der Waals surface area contributed by atoms with Gasteiger partial charge in [0.25, 0.3) is 5.91 Å². The first-order chi connectivity index (χ1) is 13.9. The Morgan fingerprint density at radius 3 is 2.23 bits per heavy atom. The molecule has 0 saturated carbocycles. The fourth-order valence-electron chi connectivity index (χ4n) is 2.41. The third kappa shape index (κ3) is 4.85.